The standard InChI is InChI=1S/C10H11N3O/c1-13-8-5-3-2-4-7(8)6-12-9(11)10(13)14/h2-6,9H,11H2,1H3. The van der Waals surface area contributed by atoms with Crippen molar-refractivity contribution in [1.29, 1.82) is 0 Å². The van der Waals surface area contributed by atoms with Crippen LogP contribution in [-0.2, 0) is 4.79 Å². The van der Waals surface area contributed by atoms with Gasteiger partial charge in [0.2, 0.25) is 0 Å². The molecule has 2 N–H and O–H groups in total. The largest absolute Gasteiger partial charge is 0.312 e. The number of aliphatic imine (C=N–C) groups is 1. The normalized spacial score (nSPS) is 20.6. The number of likely N-dealkylation sites (N-methyl/N-ethyl adjacent to an activating group) is 1. The number of carbonyl (C=O) groups excluding carboxylic acids is 1. The molecule has 0 radical (unpaired) electrons. The van der Waals surface area contributed by atoms with Crippen molar-refractivity contribution in [2.45, 2.75) is 6.17 Å². The van der Waals surface area contributed by atoms with Gasteiger partial charge in [-0.15, -0.1) is 0 Å². The van der Waals surface area contributed by atoms with Crippen molar-refractivity contribution >= 4 is 17.8 Å². The van der Waals surface area contributed by atoms with Crippen LogP contribution in [0.5, 0.6) is 0 Å². The second-order valence-corrected chi connectivity index (χ2v) is 3.18. The number of hydrogen-bond acceptors (Lipinski definition) is 3. The Labute approximate surface area is 82.0 Å². The third-order valence-electron chi connectivity index (χ3n) is 2.26. The molecule has 0 saturated carbocycles. The molecule has 0 saturated heterocycles. The van der Waals surface area contributed by atoms with Crippen LogP contribution in [0.2, 0.25) is 0 Å². The van der Waals surface area contributed by atoms with Gasteiger partial charge in [-0.3, -0.25) is 9.79 Å². The van der Waals surface area contributed by atoms with E-state index in [-0.39, 0.29) is 5.91 Å². The molecule has 1 unspecified atom stereocenters. The molecule has 1 aromatic rings. The molecule has 0 bridgehead atoms. The van der Waals surface area contributed by atoms with E-state index >= 15 is 0 Å². The summed E-state index contributed by atoms with van der Waals surface area (Å²) in [5, 5.41) is 0. The Morgan fingerprint density at radius 2 is 2.14 bits per heavy atom. The summed E-state index contributed by atoms with van der Waals surface area (Å²) in [4.78, 5) is 17.1. The van der Waals surface area contributed by atoms with E-state index in [4.69, 9.17) is 5.73 Å². The Morgan fingerprint density at radius 1 is 1.43 bits per heavy atom. The van der Waals surface area contributed by atoms with E-state index in [2.05, 4.69) is 4.99 Å². The van der Waals surface area contributed by atoms with E-state index in [0.29, 0.717) is 0 Å². The molecule has 0 spiro atoms. The summed E-state index contributed by atoms with van der Waals surface area (Å²) >= 11 is 0. The number of carbonyl (C=O) groups is 1. The minimum atomic E-state index is -0.785. The van der Waals surface area contributed by atoms with E-state index < -0.39 is 6.17 Å². The first kappa shape index (κ1) is 8.90. The van der Waals surface area contributed by atoms with Crippen LogP contribution in [0, 0.1) is 0 Å². The number of rotatable bonds is 0. The maximum absolute atomic E-state index is 11.6. The van der Waals surface area contributed by atoms with Crippen LogP contribution in [0.15, 0.2) is 29.3 Å². The molecule has 2 rings (SSSR count). The number of hydrogen-bond donors (Lipinski definition) is 1. The predicted octanol–water partition coefficient (Wildman–Crippen LogP) is 0.367. The molecule has 0 aliphatic carbocycles. The van der Waals surface area contributed by atoms with Gasteiger partial charge in [0, 0.05) is 18.8 Å². The third-order valence-corrected chi connectivity index (χ3v) is 2.26. The maximum atomic E-state index is 11.6. The van der Waals surface area contributed by atoms with Crippen molar-refractivity contribution < 1.29 is 4.79 Å². The summed E-state index contributed by atoms with van der Waals surface area (Å²) in [5.41, 5.74) is 7.31. The van der Waals surface area contributed by atoms with Crippen LogP contribution in [0.1, 0.15) is 5.56 Å². The number of nitrogens with two attached hydrogens (primary N) is 1. The molecule has 0 fully saturated rings. The number of nitrogens with zero attached hydrogens (tertiary/aromatic N) is 2. The van der Waals surface area contributed by atoms with Crippen LogP contribution >= 0.6 is 0 Å². The van der Waals surface area contributed by atoms with Gasteiger partial charge in [-0.25, -0.2) is 0 Å². The van der Waals surface area contributed by atoms with Crippen molar-refractivity contribution in [2.75, 3.05) is 11.9 Å². The second kappa shape index (κ2) is 3.23. The highest BCUT2D eigenvalue weighted by Crippen LogP contribution is 2.20. The Balaban J connectivity index is 2.54. The summed E-state index contributed by atoms with van der Waals surface area (Å²) in [6.45, 7) is 0. The highest BCUT2D eigenvalue weighted by Gasteiger charge is 2.22. The van der Waals surface area contributed by atoms with Gasteiger partial charge in [-0.1, -0.05) is 18.2 Å². The molecule has 1 aromatic carbocycles. The second-order valence-electron chi connectivity index (χ2n) is 3.18. The van der Waals surface area contributed by atoms with Gasteiger partial charge in [0.25, 0.3) is 5.91 Å². The molecule has 1 amide bonds. The fraction of sp³-hybridized carbons (Fsp3) is 0.200. The number of benzodiazepines with no additional fused rings is 1. The first-order valence-corrected chi connectivity index (χ1v) is 4.35. The molecule has 14 heavy (non-hydrogen) atoms. The molecule has 4 heteroatoms. The number of amides is 1. The van der Waals surface area contributed by atoms with E-state index in [1.807, 2.05) is 24.3 Å². The van der Waals surface area contributed by atoms with Gasteiger partial charge in [0.05, 0.1) is 5.69 Å². The Morgan fingerprint density at radius 3 is 2.93 bits per heavy atom. The molecule has 1 heterocycles. The van der Waals surface area contributed by atoms with Gasteiger partial charge in [-0.2, -0.15) is 0 Å². The molecule has 1 atom stereocenters. The lowest BCUT2D eigenvalue weighted by molar-refractivity contribution is -0.119. The minimum absolute atomic E-state index is 0.189. The number of benzene rings is 1. The number of fused-ring (bicyclic) bond motifs is 1. The molecule has 1 aliphatic heterocycles. The summed E-state index contributed by atoms with van der Waals surface area (Å²) in [7, 11) is 1.70. The zero-order valence-corrected chi connectivity index (χ0v) is 7.84. The summed E-state index contributed by atoms with van der Waals surface area (Å²) < 4.78 is 0. The molecular weight excluding hydrogens is 178 g/mol. The zero-order chi connectivity index (χ0) is 10.1. The van der Waals surface area contributed by atoms with E-state index in [1.54, 1.807) is 13.3 Å². The van der Waals surface area contributed by atoms with E-state index in [9.17, 15) is 4.79 Å². The smallest absolute Gasteiger partial charge is 0.266 e. The monoisotopic (exact) mass is 189 g/mol. The quantitative estimate of drug-likeness (QED) is 0.641. The molecule has 4 nitrogen and oxygen atoms in total. The van der Waals surface area contributed by atoms with Crippen molar-refractivity contribution in [3.63, 3.8) is 0 Å². The number of para-hydroxylation sites is 1. The molecule has 1 aliphatic rings. The average Bonchev–Trinajstić information content (AvgIpc) is 2.32. The van der Waals surface area contributed by atoms with Crippen LogP contribution in [0.4, 0.5) is 5.69 Å². The lowest BCUT2D eigenvalue weighted by Gasteiger charge is -2.18. The van der Waals surface area contributed by atoms with Gasteiger partial charge in [0.15, 0.2) is 6.17 Å². The summed E-state index contributed by atoms with van der Waals surface area (Å²) in [6, 6.07) is 7.56. The highest BCUT2D eigenvalue weighted by atomic mass is 16.2. The SMILES string of the molecule is CN1C(=O)C(N)N=Cc2ccccc21. The van der Waals surface area contributed by atoms with Crippen molar-refractivity contribution in [2.24, 2.45) is 10.7 Å². The lowest BCUT2D eigenvalue weighted by Crippen LogP contribution is -2.39. The molecule has 0 aromatic heterocycles. The fourth-order valence-electron chi connectivity index (χ4n) is 1.44. The van der Waals surface area contributed by atoms with Crippen LogP contribution < -0.4 is 10.6 Å². The van der Waals surface area contributed by atoms with Crippen LogP contribution in [0.25, 0.3) is 0 Å². The lowest BCUT2D eigenvalue weighted by atomic mass is 10.2. The Hall–Kier alpha value is -1.68. The first-order valence-electron chi connectivity index (χ1n) is 4.35. The van der Waals surface area contributed by atoms with Crippen molar-refractivity contribution in [3.05, 3.63) is 29.8 Å². The van der Waals surface area contributed by atoms with E-state index in [1.165, 1.54) is 4.90 Å². The highest BCUT2D eigenvalue weighted by molar-refractivity contribution is 6.04. The average molecular weight is 189 g/mol. The molecule has 72 valence electrons. The van der Waals surface area contributed by atoms with Gasteiger partial charge in [0.1, 0.15) is 0 Å². The van der Waals surface area contributed by atoms with Gasteiger partial charge >= 0.3 is 0 Å². The Kier molecular flexibility index (Phi) is 2.05. The predicted molar refractivity (Wildman–Crippen MR) is 55.4 cm³/mol. The maximum Gasteiger partial charge on any atom is 0.266 e. The molecular formula is C10H11N3O. The fourth-order valence-corrected chi connectivity index (χ4v) is 1.44. The number of anilines is 1. The van der Waals surface area contributed by atoms with Crippen molar-refractivity contribution in [1.82, 2.24) is 0 Å². The van der Waals surface area contributed by atoms with Crippen LogP contribution in [0.3, 0.4) is 0 Å². The first-order chi connectivity index (χ1) is 6.70. The summed E-state index contributed by atoms with van der Waals surface area (Å²) in [6.07, 6.45) is 0.855. The topological polar surface area (TPSA) is 58.7 Å². The van der Waals surface area contributed by atoms with Gasteiger partial charge in [-0.05, 0) is 6.07 Å². The van der Waals surface area contributed by atoms with Crippen molar-refractivity contribution in [3.8, 4) is 0 Å². The van der Waals surface area contributed by atoms with Gasteiger partial charge < -0.3 is 10.6 Å². The third kappa shape index (κ3) is 1.29. The summed E-state index contributed by atoms with van der Waals surface area (Å²) in [5.74, 6) is -0.189. The Bertz CT molecular complexity index is 400. The minimum Gasteiger partial charge on any atom is -0.312 e. The zero-order valence-electron chi connectivity index (χ0n) is 7.84. The van der Waals surface area contributed by atoms with Crippen LogP contribution in [-0.4, -0.2) is 25.3 Å². The van der Waals surface area contributed by atoms with E-state index in [0.717, 1.165) is 11.3 Å².